The van der Waals surface area contributed by atoms with Gasteiger partial charge in [-0.05, 0) is 33.8 Å². The Bertz CT molecular complexity index is 780. The standard InChI is InChI=1S/C17H17BrN4/c18-14-11-20-22-9-8-19-17(16(14)22)21-15(10-12-6-7-12)13-4-2-1-3-5-13/h1-5,8-9,11-12,15H,6-7,10H2,(H,19,21). The molecule has 5 heteroatoms. The van der Waals surface area contributed by atoms with Crippen molar-refractivity contribution in [3.8, 4) is 0 Å². The third kappa shape index (κ3) is 2.73. The second-order valence-corrected chi connectivity index (χ2v) is 6.70. The molecule has 1 aliphatic rings. The quantitative estimate of drug-likeness (QED) is 0.734. The van der Waals surface area contributed by atoms with Crippen molar-refractivity contribution in [1.29, 1.82) is 0 Å². The van der Waals surface area contributed by atoms with E-state index >= 15 is 0 Å². The van der Waals surface area contributed by atoms with Gasteiger partial charge in [0.15, 0.2) is 5.82 Å². The van der Waals surface area contributed by atoms with Crippen molar-refractivity contribution in [3.63, 3.8) is 0 Å². The lowest BCUT2D eigenvalue weighted by Crippen LogP contribution is -2.13. The van der Waals surface area contributed by atoms with Crippen molar-refractivity contribution in [1.82, 2.24) is 14.6 Å². The zero-order chi connectivity index (χ0) is 14.9. The maximum absolute atomic E-state index is 4.53. The lowest BCUT2D eigenvalue weighted by Gasteiger charge is -2.20. The molecule has 2 aromatic heterocycles. The number of aromatic nitrogens is 3. The van der Waals surface area contributed by atoms with Gasteiger partial charge in [-0.2, -0.15) is 5.10 Å². The smallest absolute Gasteiger partial charge is 0.153 e. The van der Waals surface area contributed by atoms with E-state index in [0.717, 1.165) is 28.1 Å². The molecule has 1 N–H and O–H groups in total. The van der Waals surface area contributed by atoms with Crippen molar-refractivity contribution in [2.45, 2.75) is 25.3 Å². The molecule has 1 atom stereocenters. The minimum absolute atomic E-state index is 0.286. The SMILES string of the molecule is Brc1cnn2ccnc(NC(CC3CC3)c3ccccc3)c12. The zero-order valence-electron chi connectivity index (χ0n) is 12.1. The molecule has 0 saturated heterocycles. The van der Waals surface area contributed by atoms with Crippen LogP contribution in [0.25, 0.3) is 5.52 Å². The summed E-state index contributed by atoms with van der Waals surface area (Å²) in [5.41, 5.74) is 2.30. The Labute approximate surface area is 137 Å². The maximum Gasteiger partial charge on any atom is 0.153 e. The maximum atomic E-state index is 4.53. The van der Waals surface area contributed by atoms with Crippen LogP contribution in [0.2, 0.25) is 0 Å². The highest BCUT2D eigenvalue weighted by molar-refractivity contribution is 9.10. The summed E-state index contributed by atoms with van der Waals surface area (Å²) in [6.07, 6.45) is 9.30. The Morgan fingerprint density at radius 1 is 1.27 bits per heavy atom. The van der Waals surface area contributed by atoms with E-state index in [-0.39, 0.29) is 6.04 Å². The van der Waals surface area contributed by atoms with Crippen LogP contribution >= 0.6 is 15.9 Å². The molecule has 1 aliphatic carbocycles. The molecule has 112 valence electrons. The van der Waals surface area contributed by atoms with Crippen LogP contribution in [-0.4, -0.2) is 14.6 Å². The largest absolute Gasteiger partial charge is 0.361 e. The highest BCUT2D eigenvalue weighted by Gasteiger charge is 2.27. The van der Waals surface area contributed by atoms with Gasteiger partial charge in [0, 0.05) is 12.4 Å². The summed E-state index contributed by atoms with van der Waals surface area (Å²) in [5, 5.41) is 7.96. The number of anilines is 1. The van der Waals surface area contributed by atoms with Crippen LogP contribution in [-0.2, 0) is 0 Å². The van der Waals surface area contributed by atoms with Crippen LogP contribution in [0.1, 0.15) is 30.9 Å². The van der Waals surface area contributed by atoms with Gasteiger partial charge in [0.05, 0.1) is 16.7 Å². The number of benzene rings is 1. The van der Waals surface area contributed by atoms with Gasteiger partial charge < -0.3 is 5.32 Å². The Kier molecular flexibility index (Phi) is 3.58. The van der Waals surface area contributed by atoms with Gasteiger partial charge in [-0.1, -0.05) is 43.2 Å². The Balaban J connectivity index is 1.69. The van der Waals surface area contributed by atoms with Gasteiger partial charge in [0.25, 0.3) is 0 Å². The average molecular weight is 357 g/mol. The van der Waals surface area contributed by atoms with Crippen molar-refractivity contribution in [3.05, 3.63) is 59.0 Å². The van der Waals surface area contributed by atoms with Gasteiger partial charge in [-0.25, -0.2) is 9.50 Å². The summed E-state index contributed by atoms with van der Waals surface area (Å²) in [6.45, 7) is 0. The molecule has 1 saturated carbocycles. The molecule has 0 aliphatic heterocycles. The van der Waals surface area contributed by atoms with Gasteiger partial charge in [0.1, 0.15) is 5.52 Å². The summed E-state index contributed by atoms with van der Waals surface area (Å²) in [5.74, 6) is 1.71. The zero-order valence-corrected chi connectivity index (χ0v) is 13.7. The number of fused-ring (bicyclic) bond motifs is 1. The molecule has 0 bridgehead atoms. The molecule has 0 radical (unpaired) electrons. The predicted molar refractivity (Wildman–Crippen MR) is 90.8 cm³/mol. The van der Waals surface area contributed by atoms with Gasteiger partial charge in [-0.3, -0.25) is 0 Å². The molecule has 2 heterocycles. The van der Waals surface area contributed by atoms with E-state index in [0.29, 0.717) is 0 Å². The van der Waals surface area contributed by atoms with E-state index in [9.17, 15) is 0 Å². The first kappa shape index (κ1) is 13.8. The van der Waals surface area contributed by atoms with Crippen LogP contribution < -0.4 is 5.32 Å². The molecular formula is C17H17BrN4. The molecule has 3 aromatic rings. The highest BCUT2D eigenvalue weighted by atomic mass is 79.9. The minimum atomic E-state index is 0.286. The van der Waals surface area contributed by atoms with E-state index in [1.165, 1.54) is 18.4 Å². The van der Waals surface area contributed by atoms with Crippen molar-refractivity contribution >= 4 is 27.3 Å². The molecule has 0 spiro atoms. The number of hydrogen-bond acceptors (Lipinski definition) is 3. The number of hydrogen-bond donors (Lipinski definition) is 1. The average Bonchev–Trinajstić information content (AvgIpc) is 3.29. The van der Waals surface area contributed by atoms with E-state index in [2.05, 4.69) is 61.7 Å². The first-order valence-corrected chi connectivity index (χ1v) is 8.40. The van der Waals surface area contributed by atoms with E-state index in [1.54, 1.807) is 12.4 Å². The fourth-order valence-electron chi connectivity index (χ4n) is 2.83. The van der Waals surface area contributed by atoms with E-state index in [1.807, 2.05) is 10.7 Å². The fraction of sp³-hybridized carbons (Fsp3) is 0.294. The first-order chi connectivity index (χ1) is 10.8. The van der Waals surface area contributed by atoms with Crippen LogP contribution in [0.5, 0.6) is 0 Å². The molecule has 1 unspecified atom stereocenters. The minimum Gasteiger partial charge on any atom is -0.361 e. The Morgan fingerprint density at radius 3 is 2.86 bits per heavy atom. The molecule has 0 amide bonds. The van der Waals surface area contributed by atoms with Crippen LogP contribution in [0.15, 0.2) is 53.4 Å². The van der Waals surface area contributed by atoms with Crippen LogP contribution in [0.3, 0.4) is 0 Å². The van der Waals surface area contributed by atoms with Crippen molar-refractivity contribution in [2.75, 3.05) is 5.32 Å². The Morgan fingerprint density at radius 2 is 2.09 bits per heavy atom. The number of nitrogens with zero attached hydrogens (tertiary/aromatic N) is 3. The third-order valence-corrected chi connectivity index (χ3v) is 4.75. The molecule has 4 rings (SSSR count). The molecule has 1 fully saturated rings. The summed E-state index contributed by atoms with van der Waals surface area (Å²) >= 11 is 3.56. The normalized spacial score (nSPS) is 15.9. The molecule has 1 aromatic carbocycles. The lowest BCUT2D eigenvalue weighted by molar-refractivity contribution is 0.628. The summed E-state index contributed by atoms with van der Waals surface area (Å²) in [4.78, 5) is 4.53. The third-order valence-electron chi connectivity index (χ3n) is 4.17. The summed E-state index contributed by atoms with van der Waals surface area (Å²) < 4.78 is 2.81. The van der Waals surface area contributed by atoms with E-state index < -0.39 is 0 Å². The van der Waals surface area contributed by atoms with Gasteiger partial charge in [-0.15, -0.1) is 0 Å². The number of nitrogens with one attached hydrogen (secondary N) is 1. The van der Waals surface area contributed by atoms with Crippen molar-refractivity contribution < 1.29 is 0 Å². The van der Waals surface area contributed by atoms with Gasteiger partial charge >= 0.3 is 0 Å². The van der Waals surface area contributed by atoms with Crippen LogP contribution in [0.4, 0.5) is 5.82 Å². The van der Waals surface area contributed by atoms with Crippen LogP contribution in [0, 0.1) is 5.92 Å². The fourth-order valence-corrected chi connectivity index (χ4v) is 3.29. The van der Waals surface area contributed by atoms with Crippen molar-refractivity contribution in [2.24, 2.45) is 5.92 Å². The second kappa shape index (κ2) is 5.72. The second-order valence-electron chi connectivity index (χ2n) is 5.85. The van der Waals surface area contributed by atoms with E-state index in [4.69, 9.17) is 0 Å². The lowest BCUT2D eigenvalue weighted by atomic mass is 10.0. The Hall–Kier alpha value is -1.88. The first-order valence-electron chi connectivity index (χ1n) is 7.60. The molecule has 22 heavy (non-hydrogen) atoms. The monoisotopic (exact) mass is 356 g/mol. The number of rotatable bonds is 5. The highest BCUT2D eigenvalue weighted by Crippen LogP contribution is 2.39. The topological polar surface area (TPSA) is 42.2 Å². The number of halogens is 1. The molecule has 4 nitrogen and oxygen atoms in total. The summed E-state index contributed by atoms with van der Waals surface area (Å²) in [7, 11) is 0. The van der Waals surface area contributed by atoms with Gasteiger partial charge in [0.2, 0.25) is 0 Å². The molecular weight excluding hydrogens is 340 g/mol. The summed E-state index contributed by atoms with van der Waals surface area (Å²) in [6, 6.07) is 10.9. The predicted octanol–water partition coefficient (Wildman–Crippen LogP) is 4.45.